The molecule has 7 nitrogen and oxygen atoms in total. The van der Waals surface area contributed by atoms with E-state index >= 15 is 0 Å². The first-order chi connectivity index (χ1) is 17.0. The van der Waals surface area contributed by atoms with E-state index in [0.29, 0.717) is 27.4 Å². The van der Waals surface area contributed by atoms with Crippen LogP contribution in [0.25, 0.3) is 6.08 Å². The summed E-state index contributed by atoms with van der Waals surface area (Å²) in [5, 5.41) is 0.756. The van der Waals surface area contributed by atoms with Crippen molar-refractivity contribution >= 4 is 57.8 Å². The molecule has 35 heavy (non-hydrogen) atoms. The number of fused-ring (bicyclic) bond motifs is 1. The van der Waals surface area contributed by atoms with Gasteiger partial charge < -0.3 is 14.1 Å². The molecule has 0 N–H and O–H groups in total. The highest BCUT2D eigenvalue weighted by molar-refractivity contribution is 8.14. The van der Waals surface area contributed by atoms with Crippen LogP contribution in [-0.2, 0) is 16.0 Å². The number of hydrogen-bond donors (Lipinski definition) is 0. The Labute approximate surface area is 212 Å². The molecule has 0 fully saturated rings. The first-order valence-electron chi connectivity index (χ1n) is 11.0. The van der Waals surface area contributed by atoms with E-state index < -0.39 is 0 Å². The number of hydrogen-bond acceptors (Lipinski definition) is 6. The molecule has 2 aliphatic heterocycles. The van der Waals surface area contributed by atoms with Crippen LogP contribution < -0.4 is 14.5 Å². The number of furan rings is 1. The number of amidine groups is 1. The van der Waals surface area contributed by atoms with Crippen molar-refractivity contribution in [3.8, 4) is 5.75 Å². The third-order valence-corrected chi connectivity index (χ3v) is 7.06. The van der Waals surface area contributed by atoms with Gasteiger partial charge in [0.25, 0.3) is 5.91 Å². The summed E-state index contributed by atoms with van der Waals surface area (Å²) >= 11 is 7.55. The lowest BCUT2D eigenvalue weighted by Crippen LogP contribution is -2.38. The molecule has 2 amide bonds. The maximum Gasteiger partial charge on any atom is 0.283 e. The van der Waals surface area contributed by atoms with E-state index in [1.165, 1.54) is 30.0 Å². The number of carbonyl (C=O) groups is 2. The number of aliphatic imine (C=N–C) groups is 1. The fourth-order valence-electron chi connectivity index (χ4n) is 4.26. The zero-order valence-corrected chi connectivity index (χ0v) is 20.7. The van der Waals surface area contributed by atoms with Crippen molar-refractivity contribution in [3.05, 3.63) is 82.9 Å². The summed E-state index contributed by atoms with van der Waals surface area (Å²) in [5.41, 5.74) is 2.83. The van der Waals surface area contributed by atoms with Gasteiger partial charge in [-0.25, -0.2) is 4.99 Å². The smallest absolute Gasteiger partial charge is 0.283 e. The van der Waals surface area contributed by atoms with Gasteiger partial charge in [0, 0.05) is 17.8 Å². The van der Waals surface area contributed by atoms with Crippen LogP contribution in [-0.4, -0.2) is 35.9 Å². The number of methoxy groups -OCH3 is 1. The molecule has 3 aromatic rings. The Morgan fingerprint density at radius 3 is 2.83 bits per heavy atom. The highest BCUT2D eigenvalue weighted by Crippen LogP contribution is 2.36. The zero-order valence-electron chi connectivity index (χ0n) is 19.1. The first-order valence-corrected chi connectivity index (χ1v) is 12.4. The highest BCUT2D eigenvalue weighted by atomic mass is 35.5. The molecule has 0 aliphatic carbocycles. The quantitative estimate of drug-likeness (QED) is 0.432. The summed E-state index contributed by atoms with van der Waals surface area (Å²) in [7, 11) is 1.53. The maximum absolute atomic E-state index is 13.3. The molecule has 0 saturated carbocycles. The van der Waals surface area contributed by atoms with Gasteiger partial charge in [-0.15, -0.1) is 0 Å². The average Bonchev–Trinajstić information content (AvgIpc) is 3.55. The van der Waals surface area contributed by atoms with Crippen molar-refractivity contribution in [2.45, 2.75) is 19.4 Å². The summed E-state index contributed by atoms with van der Waals surface area (Å²) in [6.45, 7) is 2.04. The molecule has 3 heterocycles. The van der Waals surface area contributed by atoms with E-state index in [1.807, 2.05) is 36.1 Å². The summed E-state index contributed by atoms with van der Waals surface area (Å²) in [4.78, 5) is 34.4. The predicted molar refractivity (Wildman–Crippen MR) is 139 cm³/mol. The standard InChI is InChI=1S/C26H22ClN3O4S/c1-16-12-17-6-3-4-8-22(17)29(16)24(31)15-35-26-28-21(14-19-7-5-11-34-19)25(32)30(26)18-9-10-23(33-2)20(27)13-18/h3-11,13-14,16H,12,15H2,1-2H3/b21-14-. The third kappa shape index (κ3) is 4.47. The maximum atomic E-state index is 13.3. The van der Waals surface area contributed by atoms with Crippen LogP contribution in [0.15, 0.2) is 76.0 Å². The Balaban J connectivity index is 1.43. The lowest BCUT2D eigenvalue weighted by Gasteiger charge is -2.23. The van der Waals surface area contributed by atoms with Crippen LogP contribution in [0.4, 0.5) is 11.4 Å². The van der Waals surface area contributed by atoms with E-state index in [1.54, 1.807) is 36.4 Å². The molecular formula is C26H22ClN3O4S. The molecule has 0 radical (unpaired) electrons. The Kier molecular flexibility index (Phi) is 6.40. The Bertz CT molecular complexity index is 1350. The second-order valence-electron chi connectivity index (χ2n) is 8.13. The minimum Gasteiger partial charge on any atom is -0.495 e. The molecule has 9 heteroatoms. The number of amides is 2. The van der Waals surface area contributed by atoms with Crippen LogP contribution in [0, 0.1) is 0 Å². The SMILES string of the molecule is COc1ccc(N2C(=O)/C(=C/c3ccco3)N=C2SCC(=O)N2c3ccccc3CC2C)cc1Cl. The van der Waals surface area contributed by atoms with Crippen LogP contribution in [0.3, 0.4) is 0 Å². The van der Waals surface area contributed by atoms with Crippen LogP contribution >= 0.6 is 23.4 Å². The Morgan fingerprint density at radius 1 is 1.26 bits per heavy atom. The number of halogens is 1. The second kappa shape index (κ2) is 9.64. The predicted octanol–water partition coefficient (Wildman–Crippen LogP) is 5.40. The third-order valence-electron chi connectivity index (χ3n) is 5.85. The molecule has 1 atom stereocenters. The van der Waals surface area contributed by atoms with Crippen LogP contribution in [0.5, 0.6) is 5.75 Å². The van der Waals surface area contributed by atoms with E-state index in [9.17, 15) is 9.59 Å². The number of para-hydroxylation sites is 1. The number of rotatable bonds is 5. The van der Waals surface area contributed by atoms with Crippen LogP contribution in [0.1, 0.15) is 18.2 Å². The van der Waals surface area contributed by atoms with Gasteiger partial charge in [0.1, 0.15) is 17.2 Å². The van der Waals surface area contributed by atoms with Gasteiger partial charge in [-0.1, -0.05) is 41.6 Å². The van der Waals surface area contributed by atoms with Crippen molar-refractivity contribution in [3.63, 3.8) is 0 Å². The number of thioether (sulfide) groups is 1. The molecule has 5 rings (SSSR count). The van der Waals surface area contributed by atoms with Crippen molar-refractivity contribution in [2.24, 2.45) is 4.99 Å². The average molecular weight is 508 g/mol. The lowest BCUT2D eigenvalue weighted by molar-refractivity contribution is -0.116. The van der Waals surface area contributed by atoms with Gasteiger partial charge in [-0.3, -0.25) is 14.5 Å². The van der Waals surface area contributed by atoms with Crippen molar-refractivity contribution in [1.29, 1.82) is 0 Å². The number of nitrogens with zero attached hydrogens (tertiary/aromatic N) is 3. The van der Waals surface area contributed by atoms with E-state index in [0.717, 1.165) is 17.7 Å². The lowest BCUT2D eigenvalue weighted by atomic mass is 10.1. The normalized spacial score (nSPS) is 18.3. The minimum atomic E-state index is -0.336. The van der Waals surface area contributed by atoms with Gasteiger partial charge in [0.05, 0.1) is 29.8 Å². The summed E-state index contributed by atoms with van der Waals surface area (Å²) in [5.74, 6) is 0.751. The fraction of sp³-hybridized carbons (Fsp3) is 0.192. The van der Waals surface area contributed by atoms with Gasteiger partial charge >= 0.3 is 0 Å². The van der Waals surface area contributed by atoms with Crippen molar-refractivity contribution in [2.75, 3.05) is 22.7 Å². The molecule has 1 aromatic heterocycles. The molecule has 0 spiro atoms. The van der Waals surface area contributed by atoms with Crippen molar-refractivity contribution < 1.29 is 18.7 Å². The minimum absolute atomic E-state index is 0.0428. The molecule has 2 aromatic carbocycles. The molecule has 0 saturated heterocycles. The Hall–Kier alpha value is -3.49. The van der Waals surface area contributed by atoms with E-state index in [2.05, 4.69) is 4.99 Å². The molecule has 0 bridgehead atoms. The number of anilines is 2. The van der Waals surface area contributed by atoms with Crippen LogP contribution in [0.2, 0.25) is 5.02 Å². The number of carbonyl (C=O) groups excluding carboxylic acids is 2. The van der Waals surface area contributed by atoms with Gasteiger partial charge in [0.2, 0.25) is 5.91 Å². The van der Waals surface area contributed by atoms with E-state index in [-0.39, 0.29) is 29.3 Å². The van der Waals surface area contributed by atoms with Gasteiger partial charge in [0.15, 0.2) is 5.17 Å². The second-order valence-corrected chi connectivity index (χ2v) is 9.48. The first kappa shape index (κ1) is 23.3. The van der Waals surface area contributed by atoms with E-state index in [4.69, 9.17) is 20.8 Å². The van der Waals surface area contributed by atoms with Crippen molar-refractivity contribution in [1.82, 2.24) is 0 Å². The molecule has 2 aliphatic rings. The monoisotopic (exact) mass is 507 g/mol. The molecule has 178 valence electrons. The summed E-state index contributed by atoms with van der Waals surface area (Å²) in [6, 6.07) is 16.5. The number of ether oxygens (including phenoxy) is 1. The topological polar surface area (TPSA) is 75.3 Å². The van der Waals surface area contributed by atoms with Gasteiger partial charge in [-0.05, 0) is 55.3 Å². The fourth-order valence-corrected chi connectivity index (χ4v) is 5.39. The molecular weight excluding hydrogens is 486 g/mol. The largest absolute Gasteiger partial charge is 0.495 e. The summed E-state index contributed by atoms with van der Waals surface area (Å²) in [6.07, 6.45) is 3.92. The number of benzene rings is 2. The van der Waals surface area contributed by atoms with Gasteiger partial charge in [-0.2, -0.15) is 0 Å². The zero-order chi connectivity index (χ0) is 24.5. The highest BCUT2D eigenvalue weighted by Gasteiger charge is 2.35. The summed E-state index contributed by atoms with van der Waals surface area (Å²) < 4.78 is 10.6. The Morgan fingerprint density at radius 2 is 2.09 bits per heavy atom. The molecule has 1 unspecified atom stereocenters.